The molecule has 0 amide bonds. The van der Waals surface area contributed by atoms with Crippen molar-refractivity contribution in [2.24, 2.45) is 7.05 Å². The maximum atomic E-state index is 4.26. The lowest BCUT2D eigenvalue weighted by molar-refractivity contribution is 0.487. The van der Waals surface area contributed by atoms with E-state index in [0.717, 1.165) is 18.8 Å². The van der Waals surface area contributed by atoms with Gasteiger partial charge in [0.25, 0.3) is 0 Å². The van der Waals surface area contributed by atoms with E-state index in [2.05, 4.69) is 47.4 Å². The highest BCUT2D eigenvalue weighted by molar-refractivity contribution is 5.43. The summed E-state index contributed by atoms with van der Waals surface area (Å²) in [5.41, 5.74) is 4.39. The molecule has 100 valence electrons. The third-order valence-electron chi connectivity index (χ3n) is 4.13. The van der Waals surface area contributed by atoms with E-state index in [1.165, 1.54) is 16.7 Å². The van der Waals surface area contributed by atoms with Crippen LogP contribution < -0.4 is 5.32 Å². The number of fused-ring (bicyclic) bond motifs is 1. The monoisotopic (exact) mass is 256 g/mol. The molecule has 4 nitrogen and oxygen atoms in total. The first-order chi connectivity index (χ1) is 9.16. The number of nitrogens with one attached hydrogen (secondary N) is 1. The first kappa shape index (κ1) is 12.4. The van der Waals surface area contributed by atoms with Crippen LogP contribution in [0.5, 0.6) is 0 Å². The van der Waals surface area contributed by atoms with Gasteiger partial charge in [-0.3, -0.25) is 4.68 Å². The molecular formula is C15H20N4. The summed E-state index contributed by atoms with van der Waals surface area (Å²) in [5, 5.41) is 7.72. The van der Waals surface area contributed by atoms with Crippen molar-refractivity contribution in [3.05, 3.63) is 47.0 Å². The van der Waals surface area contributed by atoms with E-state index >= 15 is 0 Å². The summed E-state index contributed by atoms with van der Waals surface area (Å²) in [6, 6.07) is 7.05. The van der Waals surface area contributed by atoms with E-state index in [0.29, 0.717) is 12.0 Å². The zero-order valence-corrected chi connectivity index (χ0v) is 11.7. The highest BCUT2D eigenvalue weighted by atomic mass is 15.3. The third kappa shape index (κ3) is 2.16. The zero-order valence-electron chi connectivity index (χ0n) is 11.7. The van der Waals surface area contributed by atoms with Crippen molar-refractivity contribution in [3.8, 4) is 0 Å². The van der Waals surface area contributed by atoms with Crippen molar-refractivity contribution in [3.63, 3.8) is 0 Å². The molecule has 1 aromatic heterocycles. The van der Waals surface area contributed by atoms with Gasteiger partial charge in [0.15, 0.2) is 0 Å². The third-order valence-corrected chi connectivity index (χ3v) is 4.13. The van der Waals surface area contributed by atoms with Crippen molar-refractivity contribution in [2.45, 2.75) is 38.8 Å². The second-order valence-corrected chi connectivity index (χ2v) is 5.45. The number of hydrogen-bond donors (Lipinski definition) is 1. The Kier molecular flexibility index (Phi) is 3.11. The molecule has 0 saturated heterocycles. The Labute approximate surface area is 113 Å². The van der Waals surface area contributed by atoms with Crippen molar-refractivity contribution >= 4 is 0 Å². The Morgan fingerprint density at radius 3 is 3.00 bits per heavy atom. The van der Waals surface area contributed by atoms with Crippen molar-refractivity contribution in [2.75, 3.05) is 0 Å². The van der Waals surface area contributed by atoms with E-state index in [9.17, 15) is 0 Å². The molecule has 1 aliphatic rings. The van der Waals surface area contributed by atoms with Gasteiger partial charge in [0, 0.05) is 13.1 Å². The minimum Gasteiger partial charge on any atom is -0.303 e. The van der Waals surface area contributed by atoms with Gasteiger partial charge in [-0.05, 0) is 36.0 Å². The molecular weight excluding hydrogens is 236 g/mol. The second-order valence-electron chi connectivity index (χ2n) is 5.45. The first-order valence-electron chi connectivity index (χ1n) is 6.82. The summed E-state index contributed by atoms with van der Waals surface area (Å²) < 4.78 is 1.82. The lowest BCUT2D eigenvalue weighted by atomic mass is 9.98. The lowest BCUT2D eigenvalue weighted by Gasteiger charge is -2.14. The van der Waals surface area contributed by atoms with Crippen LogP contribution in [0.3, 0.4) is 0 Å². The van der Waals surface area contributed by atoms with Crippen LogP contribution in [-0.2, 0) is 13.6 Å². The highest BCUT2D eigenvalue weighted by Crippen LogP contribution is 2.41. The van der Waals surface area contributed by atoms with E-state index in [1.54, 1.807) is 6.33 Å². The van der Waals surface area contributed by atoms with Crippen LogP contribution in [0, 0.1) is 6.92 Å². The second kappa shape index (κ2) is 4.78. The molecule has 0 bridgehead atoms. The molecule has 0 saturated carbocycles. The van der Waals surface area contributed by atoms with E-state index < -0.39 is 0 Å². The topological polar surface area (TPSA) is 42.7 Å². The summed E-state index contributed by atoms with van der Waals surface area (Å²) >= 11 is 0. The van der Waals surface area contributed by atoms with Crippen LogP contribution in [0.15, 0.2) is 24.5 Å². The quantitative estimate of drug-likeness (QED) is 0.917. The molecule has 2 unspecified atom stereocenters. The normalized spacial score (nSPS) is 21.6. The Morgan fingerprint density at radius 2 is 2.26 bits per heavy atom. The highest BCUT2D eigenvalue weighted by Gasteiger charge is 2.28. The van der Waals surface area contributed by atoms with Gasteiger partial charge in [0.2, 0.25) is 0 Å². The van der Waals surface area contributed by atoms with Crippen LogP contribution in [0.25, 0.3) is 0 Å². The van der Waals surface area contributed by atoms with Crippen LogP contribution in [-0.4, -0.2) is 14.8 Å². The number of rotatable bonds is 3. The number of benzene rings is 1. The van der Waals surface area contributed by atoms with E-state index in [1.807, 2.05) is 11.7 Å². The van der Waals surface area contributed by atoms with Gasteiger partial charge in [-0.25, -0.2) is 4.98 Å². The number of aryl methyl sites for hydroxylation is 2. The molecule has 0 spiro atoms. The average molecular weight is 256 g/mol. The van der Waals surface area contributed by atoms with Gasteiger partial charge < -0.3 is 5.32 Å². The van der Waals surface area contributed by atoms with Gasteiger partial charge in [-0.15, -0.1) is 0 Å². The molecule has 4 heteroatoms. The molecule has 0 aliphatic heterocycles. The number of aromatic nitrogens is 3. The summed E-state index contributed by atoms with van der Waals surface area (Å²) in [5.74, 6) is 1.61. The van der Waals surface area contributed by atoms with Crippen LogP contribution in [0.2, 0.25) is 0 Å². The van der Waals surface area contributed by atoms with Gasteiger partial charge in [-0.1, -0.05) is 25.1 Å². The summed E-state index contributed by atoms with van der Waals surface area (Å²) in [4.78, 5) is 4.26. The summed E-state index contributed by atoms with van der Waals surface area (Å²) in [6.45, 7) is 5.29. The fourth-order valence-corrected chi connectivity index (χ4v) is 3.17. The standard InChI is InChI=1S/C15H20N4/c1-10-5-4-6-12-13(7-11(2)15(10)12)16-8-14-17-9-18-19(14)3/h4-6,9,11,13,16H,7-8H2,1-3H3. The molecule has 1 N–H and O–H groups in total. The van der Waals surface area contributed by atoms with Gasteiger partial charge in [0.1, 0.15) is 12.2 Å². The summed E-state index contributed by atoms with van der Waals surface area (Å²) in [7, 11) is 1.93. The zero-order chi connectivity index (χ0) is 13.4. The van der Waals surface area contributed by atoms with Crippen LogP contribution in [0.1, 0.15) is 47.8 Å². The largest absolute Gasteiger partial charge is 0.303 e. The Hall–Kier alpha value is -1.68. The van der Waals surface area contributed by atoms with Gasteiger partial charge >= 0.3 is 0 Å². The molecule has 2 aromatic rings. The van der Waals surface area contributed by atoms with Crippen molar-refractivity contribution in [1.82, 2.24) is 20.1 Å². The molecule has 0 radical (unpaired) electrons. The van der Waals surface area contributed by atoms with E-state index in [4.69, 9.17) is 0 Å². The lowest BCUT2D eigenvalue weighted by Crippen LogP contribution is -2.21. The molecule has 3 rings (SSSR count). The predicted molar refractivity (Wildman–Crippen MR) is 74.8 cm³/mol. The maximum Gasteiger partial charge on any atom is 0.140 e. The Balaban J connectivity index is 1.78. The van der Waals surface area contributed by atoms with Crippen molar-refractivity contribution < 1.29 is 0 Å². The van der Waals surface area contributed by atoms with E-state index in [-0.39, 0.29) is 0 Å². The minimum atomic E-state index is 0.432. The average Bonchev–Trinajstić information content (AvgIpc) is 2.92. The Morgan fingerprint density at radius 1 is 1.42 bits per heavy atom. The summed E-state index contributed by atoms with van der Waals surface area (Å²) in [6.07, 6.45) is 2.77. The molecule has 1 aliphatic carbocycles. The first-order valence-corrected chi connectivity index (χ1v) is 6.82. The smallest absolute Gasteiger partial charge is 0.140 e. The van der Waals surface area contributed by atoms with Crippen LogP contribution >= 0.6 is 0 Å². The minimum absolute atomic E-state index is 0.432. The van der Waals surface area contributed by atoms with Crippen LogP contribution in [0.4, 0.5) is 0 Å². The fraction of sp³-hybridized carbons (Fsp3) is 0.467. The molecule has 2 atom stereocenters. The predicted octanol–water partition coefficient (Wildman–Crippen LogP) is 2.46. The fourth-order valence-electron chi connectivity index (χ4n) is 3.17. The molecule has 19 heavy (non-hydrogen) atoms. The Bertz CT molecular complexity index is 588. The number of hydrogen-bond acceptors (Lipinski definition) is 3. The van der Waals surface area contributed by atoms with Gasteiger partial charge in [0.05, 0.1) is 6.54 Å². The van der Waals surface area contributed by atoms with Gasteiger partial charge in [-0.2, -0.15) is 5.10 Å². The SMILES string of the molecule is Cc1cccc2c1C(C)CC2NCc1ncnn1C. The molecule has 1 aromatic carbocycles. The van der Waals surface area contributed by atoms with Crippen molar-refractivity contribution in [1.29, 1.82) is 0 Å². The maximum absolute atomic E-state index is 4.26. The number of nitrogens with zero attached hydrogens (tertiary/aromatic N) is 3. The molecule has 1 heterocycles. The molecule has 0 fully saturated rings.